The van der Waals surface area contributed by atoms with Gasteiger partial charge in [0.25, 0.3) is 0 Å². The molecule has 0 fully saturated rings. The number of carbonyl (C=O) groups excluding carboxylic acids is 1. The number of aromatic nitrogens is 2. The van der Waals surface area contributed by atoms with Crippen molar-refractivity contribution >= 4 is 17.7 Å². The van der Waals surface area contributed by atoms with Gasteiger partial charge >= 0.3 is 5.97 Å². The number of thioether (sulfide) groups is 1. The maximum absolute atomic E-state index is 11.2. The lowest BCUT2D eigenvalue weighted by atomic mass is 10.3. The topological polar surface area (TPSA) is 44.1 Å². The van der Waals surface area contributed by atoms with Crippen LogP contribution in [-0.2, 0) is 22.3 Å². The van der Waals surface area contributed by atoms with E-state index >= 15 is 0 Å². The van der Waals surface area contributed by atoms with Crippen LogP contribution >= 0.6 is 11.8 Å². The molecule has 1 rings (SSSR count). The molecule has 0 bridgehead atoms. The first-order valence-corrected chi connectivity index (χ1v) is 6.41. The van der Waals surface area contributed by atoms with E-state index < -0.39 is 0 Å². The summed E-state index contributed by atoms with van der Waals surface area (Å²) in [6, 6.07) is 0. The second-order valence-corrected chi connectivity index (χ2v) is 5.01. The van der Waals surface area contributed by atoms with E-state index in [-0.39, 0.29) is 11.2 Å². The van der Waals surface area contributed by atoms with Crippen LogP contribution in [-0.4, -0.2) is 27.4 Å². The molecule has 0 aliphatic heterocycles. The molecule has 1 aromatic heterocycles. The minimum absolute atomic E-state index is 0.123. The van der Waals surface area contributed by atoms with Crippen molar-refractivity contribution in [1.29, 1.82) is 0 Å². The largest absolute Gasteiger partial charge is 0.466 e. The number of hydrogen-bond acceptors (Lipinski definition) is 4. The fourth-order valence-corrected chi connectivity index (χ4v) is 2.23. The molecule has 0 N–H and O–H groups in total. The van der Waals surface area contributed by atoms with Crippen molar-refractivity contribution in [1.82, 2.24) is 9.55 Å². The van der Waals surface area contributed by atoms with E-state index in [1.807, 2.05) is 31.7 Å². The van der Waals surface area contributed by atoms with Crippen LogP contribution in [0.5, 0.6) is 0 Å². The Labute approximate surface area is 100 Å². The van der Waals surface area contributed by atoms with Gasteiger partial charge in [-0.15, -0.1) is 0 Å². The summed E-state index contributed by atoms with van der Waals surface area (Å²) in [6.45, 7) is 4.31. The molecular formula is C11H18N2O2S. The van der Waals surface area contributed by atoms with Gasteiger partial charge in [-0.3, -0.25) is 4.79 Å². The molecule has 90 valence electrons. The van der Waals surface area contributed by atoms with Crippen molar-refractivity contribution in [2.75, 3.05) is 6.61 Å². The highest BCUT2D eigenvalue weighted by molar-refractivity contribution is 7.99. The van der Waals surface area contributed by atoms with Crippen LogP contribution in [0.25, 0.3) is 0 Å². The summed E-state index contributed by atoms with van der Waals surface area (Å²) < 4.78 is 6.89. The van der Waals surface area contributed by atoms with Crippen LogP contribution in [0.4, 0.5) is 0 Å². The average Bonchev–Trinajstić information content (AvgIpc) is 2.61. The molecule has 1 unspecified atom stereocenters. The third kappa shape index (κ3) is 4.26. The predicted molar refractivity (Wildman–Crippen MR) is 65.2 cm³/mol. The summed E-state index contributed by atoms with van der Waals surface area (Å²) in [5.74, 6) is 1.73. The molecule has 0 saturated heterocycles. The number of aryl methyl sites for hydroxylation is 1. The number of nitrogens with zero attached hydrogens (tertiary/aromatic N) is 2. The Kier molecular flexibility index (Phi) is 5.38. The second kappa shape index (κ2) is 6.58. The molecule has 0 radical (unpaired) electrons. The van der Waals surface area contributed by atoms with Gasteiger partial charge < -0.3 is 9.30 Å². The molecule has 0 aromatic carbocycles. The van der Waals surface area contributed by atoms with Gasteiger partial charge in [-0.2, -0.15) is 11.8 Å². The molecule has 5 heteroatoms. The molecular weight excluding hydrogens is 224 g/mol. The smallest absolute Gasteiger partial charge is 0.306 e. The summed E-state index contributed by atoms with van der Waals surface area (Å²) in [6.07, 6.45) is 4.17. The van der Waals surface area contributed by atoms with Crippen molar-refractivity contribution in [2.24, 2.45) is 7.05 Å². The van der Waals surface area contributed by atoms with E-state index in [9.17, 15) is 4.79 Å². The maximum Gasteiger partial charge on any atom is 0.306 e. The fraction of sp³-hybridized carbons (Fsp3) is 0.636. The highest BCUT2D eigenvalue weighted by atomic mass is 32.2. The Morgan fingerprint density at radius 1 is 1.69 bits per heavy atom. The standard InChI is InChI=1S/C11H18N2O2S/c1-4-15-11(14)7-9(2)16-8-10-12-5-6-13(10)3/h5-6,9H,4,7-8H2,1-3H3. The number of carbonyl (C=O) groups is 1. The maximum atomic E-state index is 11.2. The zero-order chi connectivity index (χ0) is 12.0. The number of ether oxygens (including phenoxy) is 1. The lowest BCUT2D eigenvalue weighted by molar-refractivity contribution is -0.142. The molecule has 0 amide bonds. The van der Waals surface area contributed by atoms with E-state index in [1.54, 1.807) is 18.0 Å². The fourth-order valence-electron chi connectivity index (χ4n) is 1.27. The van der Waals surface area contributed by atoms with E-state index in [1.165, 1.54) is 0 Å². The first-order chi connectivity index (χ1) is 7.63. The minimum atomic E-state index is -0.123. The quantitative estimate of drug-likeness (QED) is 0.716. The summed E-state index contributed by atoms with van der Waals surface area (Å²) >= 11 is 1.72. The Bertz CT molecular complexity index is 338. The number of imidazole rings is 1. The molecule has 0 aliphatic rings. The molecule has 1 aromatic rings. The summed E-state index contributed by atoms with van der Waals surface area (Å²) in [5, 5.41) is 0.260. The lowest BCUT2D eigenvalue weighted by Crippen LogP contribution is -2.11. The normalized spacial score (nSPS) is 12.4. The number of hydrogen-bond donors (Lipinski definition) is 0. The third-order valence-corrected chi connectivity index (χ3v) is 3.34. The van der Waals surface area contributed by atoms with Gasteiger partial charge in [-0.1, -0.05) is 6.92 Å². The number of rotatable bonds is 6. The lowest BCUT2D eigenvalue weighted by Gasteiger charge is -2.10. The Morgan fingerprint density at radius 2 is 2.44 bits per heavy atom. The van der Waals surface area contributed by atoms with Gasteiger partial charge in [0, 0.05) is 24.7 Å². The first-order valence-electron chi connectivity index (χ1n) is 5.37. The molecule has 0 spiro atoms. The molecule has 1 heterocycles. The Morgan fingerprint density at radius 3 is 3.00 bits per heavy atom. The van der Waals surface area contributed by atoms with Gasteiger partial charge in [0.1, 0.15) is 5.82 Å². The first kappa shape index (κ1) is 13.1. The van der Waals surface area contributed by atoms with Gasteiger partial charge in [0.05, 0.1) is 18.8 Å². The zero-order valence-electron chi connectivity index (χ0n) is 9.97. The van der Waals surface area contributed by atoms with Crippen molar-refractivity contribution < 1.29 is 9.53 Å². The van der Waals surface area contributed by atoms with Crippen molar-refractivity contribution in [3.8, 4) is 0 Å². The van der Waals surface area contributed by atoms with Crippen LogP contribution in [0.2, 0.25) is 0 Å². The summed E-state index contributed by atoms with van der Waals surface area (Å²) in [4.78, 5) is 15.5. The second-order valence-electron chi connectivity index (χ2n) is 3.59. The van der Waals surface area contributed by atoms with Crippen molar-refractivity contribution in [2.45, 2.75) is 31.3 Å². The SMILES string of the molecule is CCOC(=O)CC(C)SCc1nccn1C. The zero-order valence-corrected chi connectivity index (χ0v) is 10.8. The number of esters is 1. The third-order valence-electron chi connectivity index (χ3n) is 2.18. The van der Waals surface area contributed by atoms with Gasteiger partial charge in [0.2, 0.25) is 0 Å². The monoisotopic (exact) mass is 242 g/mol. The van der Waals surface area contributed by atoms with Gasteiger partial charge in [-0.25, -0.2) is 4.98 Å². The van der Waals surface area contributed by atoms with Crippen LogP contribution in [0.15, 0.2) is 12.4 Å². The van der Waals surface area contributed by atoms with E-state index in [0.29, 0.717) is 13.0 Å². The molecule has 4 nitrogen and oxygen atoms in total. The van der Waals surface area contributed by atoms with Crippen molar-refractivity contribution in [3.63, 3.8) is 0 Å². The summed E-state index contributed by atoms with van der Waals surface area (Å²) in [7, 11) is 1.97. The van der Waals surface area contributed by atoms with Crippen LogP contribution in [0.3, 0.4) is 0 Å². The van der Waals surface area contributed by atoms with E-state index in [2.05, 4.69) is 4.98 Å². The highest BCUT2D eigenvalue weighted by Gasteiger charge is 2.11. The van der Waals surface area contributed by atoms with Gasteiger partial charge in [-0.05, 0) is 6.92 Å². The molecule has 0 aliphatic carbocycles. The molecule has 1 atom stereocenters. The minimum Gasteiger partial charge on any atom is -0.466 e. The van der Waals surface area contributed by atoms with Crippen LogP contribution in [0.1, 0.15) is 26.1 Å². The Hall–Kier alpha value is -0.970. The molecule has 0 saturated carbocycles. The van der Waals surface area contributed by atoms with Crippen LogP contribution < -0.4 is 0 Å². The van der Waals surface area contributed by atoms with Crippen LogP contribution in [0, 0.1) is 0 Å². The van der Waals surface area contributed by atoms with E-state index in [0.717, 1.165) is 11.6 Å². The van der Waals surface area contributed by atoms with Crippen molar-refractivity contribution in [3.05, 3.63) is 18.2 Å². The highest BCUT2D eigenvalue weighted by Crippen LogP contribution is 2.19. The summed E-state index contributed by atoms with van der Waals surface area (Å²) in [5.41, 5.74) is 0. The molecule has 16 heavy (non-hydrogen) atoms. The average molecular weight is 242 g/mol. The Balaban J connectivity index is 2.27. The van der Waals surface area contributed by atoms with E-state index in [4.69, 9.17) is 4.74 Å². The predicted octanol–water partition coefficient (Wildman–Crippen LogP) is 2.00. The van der Waals surface area contributed by atoms with Gasteiger partial charge in [0.15, 0.2) is 0 Å².